The molecule has 3 aromatic rings. The summed E-state index contributed by atoms with van der Waals surface area (Å²) in [5.41, 5.74) is 1.35. The Labute approximate surface area is 185 Å². The Bertz CT molecular complexity index is 1140. The maximum atomic E-state index is 12.6. The number of anilines is 2. The van der Waals surface area contributed by atoms with Crippen LogP contribution in [0.4, 0.5) is 11.4 Å². The van der Waals surface area contributed by atoms with Gasteiger partial charge in [-0.05, 0) is 42.6 Å². The summed E-state index contributed by atoms with van der Waals surface area (Å²) in [5.74, 6) is -1.04. The molecule has 3 aromatic carbocycles. The maximum Gasteiger partial charge on any atom is 0.311 e. The Morgan fingerprint density at radius 3 is 2.56 bits per heavy atom. The first-order chi connectivity index (χ1) is 15.5. The largest absolute Gasteiger partial charge is 0.494 e. The Morgan fingerprint density at radius 2 is 1.78 bits per heavy atom. The highest BCUT2D eigenvalue weighted by atomic mass is 16.5. The molecule has 0 radical (unpaired) electrons. The van der Waals surface area contributed by atoms with Gasteiger partial charge in [0.2, 0.25) is 5.91 Å². The summed E-state index contributed by atoms with van der Waals surface area (Å²) in [5, 5.41) is 4.65. The Kier molecular flexibility index (Phi) is 6.35. The number of benzene rings is 3. The normalized spacial score (nSPS) is 15.6. The van der Waals surface area contributed by atoms with Gasteiger partial charge < -0.3 is 19.7 Å². The van der Waals surface area contributed by atoms with E-state index in [-0.39, 0.29) is 18.9 Å². The number of hydrogen-bond donors (Lipinski definition) is 1. The lowest BCUT2D eigenvalue weighted by atomic mass is 10.1. The number of carbonyl (C=O) groups is 3. The van der Waals surface area contributed by atoms with Crippen LogP contribution in [-0.2, 0) is 19.1 Å². The lowest BCUT2D eigenvalue weighted by molar-refractivity contribution is -0.151. The molecular weight excluding hydrogens is 408 g/mol. The highest BCUT2D eigenvalue weighted by Gasteiger charge is 2.36. The van der Waals surface area contributed by atoms with Crippen LogP contribution < -0.4 is 15.0 Å². The van der Waals surface area contributed by atoms with Crippen molar-refractivity contribution in [2.75, 3.05) is 30.0 Å². The van der Waals surface area contributed by atoms with Crippen LogP contribution >= 0.6 is 0 Å². The molecule has 0 spiro atoms. The molecule has 0 unspecified atom stereocenters. The monoisotopic (exact) mass is 432 g/mol. The van der Waals surface area contributed by atoms with E-state index in [1.165, 1.54) is 0 Å². The number of fused-ring (bicyclic) bond motifs is 1. The molecule has 1 heterocycles. The van der Waals surface area contributed by atoms with Crippen molar-refractivity contribution in [1.82, 2.24) is 0 Å². The SMILES string of the molecule is CCOc1ccc(NC(=O)COC(=O)[C@@H]2CC(=O)N(c3cccc4ccccc34)C2)cc1. The third-order valence-electron chi connectivity index (χ3n) is 5.31. The molecule has 0 bridgehead atoms. The van der Waals surface area contributed by atoms with E-state index in [2.05, 4.69) is 5.32 Å². The van der Waals surface area contributed by atoms with Crippen molar-refractivity contribution >= 4 is 39.9 Å². The van der Waals surface area contributed by atoms with Crippen LogP contribution in [0.5, 0.6) is 5.75 Å². The van der Waals surface area contributed by atoms with E-state index in [1.54, 1.807) is 29.2 Å². The standard InChI is InChI=1S/C25H24N2O5/c1-2-31-20-12-10-19(11-13-20)26-23(28)16-32-25(30)18-14-24(29)27(15-18)22-9-5-7-17-6-3-4-8-21(17)22/h3-13,18H,2,14-16H2,1H3,(H,26,28)/t18-/m1/s1. The van der Waals surface area contributed by atoms with E-state index >= 15 is 0 Å². The Balaban J connectivity index is 1.33. The van der Waals surface area contributed by atoms with Gasteiger partial charge in [0.15, 0.2) is 6.61 Å². The van der Waals surface area contributed by atoms with Gasteiger partial charge in [-0.2, -0.15) is 0 Å². The minimum Gasteiger partial charge on any atom is -0.494 e. The van der Waals surface area contributed by atoms with Crippen LogP contribution in [-0.4, -0.2) is 37.5 Å². The fraction of sp³-hybridized carbons (Fsp3) is 0.240. The van der Waals surface area contributed by atoms with Gasteiger partial charge in [-0.15, -0.1) is 0 Å². The van der Waals surface area contributed by atoms with Crippen LogP contribution in [0.25, 0.3) is 10.8 Å². The molecular formula is C25H24N2O5. The molecule has 2 amide bonds. The van der Waals surface area contributed by atoms with Gasteiger partial charge in [-0.25, -0.2) is 0 Å². The Morgan fingerprint density at radius 1 is 1.03 bits per heavy atom. The van der Waals surface area contributed by atoms with E-state index in [1.807, 2.05) is 49.4 Å². The van der Waals surface area contributed by atoms with E-state index < -0.39 is 24.4 Å². The van der Waals surface area contributed by atoms with E-state index in [0.29, 0.717) is 18.0 Å². The van der Waals surface area contributed by atoms with Crippen LogP contribution in [0.1, 0.15) is 13.3 Å². The second-order valence-electron chi connectivity index (χ2n) is 7.52. The zero-order valence-corrected chi connectivity index (χ0v) is 17.7. The molecule has 1 N–H and O–H groups in total. The molecule has 164 valence electrons. The second-order valence-corrected chi connectivity index (χ2v) is 7.52. The topological polar surface area (TPSA) is 84.9 Å². The zero-order chi connectivity index (χ0) is 22.5. The molecule has 0 aliphatic carbocycles. The lowest BCUT2D eigenvalue weighted by Gasteiger charge is -2.18. The molecule has 1 atom stereocenters. The first kappa shape index (κ1) is 21.4. The van der Waals surface area contributed by atoms with Gasteiger partial charge in [0.25, 0.3) is 5.91 Å². The van der Waals surface area contributed by atoms with Gasteiger partial charge >= 0.3 is 5.97 Å². The first-order valence-corrected chi connectivity index (χ1v) is 10.5. The van der Waals surface area contributed by atoms with Crippen molar-refractivity contribution in [2.24, 2.45) is 5.92 Å². The lowest BCUT2D eigenvalue weighted by Crippen LogP contribution is -2.28. The molecule has 1 aliphatic heterocycles. The van der Waals surface area contributed by atoms with Gasteiger partial charge in [0.1, 0.15) is 5.75 Å². The first-order valence-electron chi connectivity index (χ1n) is 10.5. The highest BCUT2D eigenvalue weighted by Crippen LogP contribution is 2.32. The quantitative estimate of drug-likeness (QED) is 0.575. The van der Waals surface area contributed by atoms with Crippen molar-refractivity contribution in [2.45, 2.75) is 13.3 Å². The van der Waals surface area contributed by atoms with Gasteiger partial charge in [-0.3, -0.25) is 14.4 Å². The predicted molar refractivity (Wildman–Crippen MR) is 122 cm³/mol. The molecule has 4 rings (SSSR count). The summed E-state index contributed by atoms with van der Waals surface area (Å²) in [4.78, 5) is 38.9. The van der Waals surface area contributed by atoms with Crippen LogP contribution in [0, 0.1) is 5.92 Å². The van der Waals surface area contributed by atoms with Gasteiger partial charge in [0.05, 0.1) is 18.2 Å². The molecule has 1 aliphatic rings. The highest BCUT2D eigenvalue weighted by molar-refractivity contribution is 6.06. The van der Waals surface area contributed by atoms with Crippen LogP contribution in [0.3, 0.4) is 0 Å². The summed E-state index contributed by atoms with van der Waals surface area (Å²) < 4.78 is 10.5. The van der Waals surface area contributed by atoms with Gasteiger partial charge in [0, 0.05) is 24.0 Å². The third-order valence-corrected chi connectivity index (χ3v) is 5.31. The number of ether oxygens (including phenoxy) is 2. The molecule has 0 aromatic heterocycles. The van der Waals surface area contributed by atoms with Crippen molar-refractivity contribution in [3.05, 3.63) is 66.7 Å². The van der Waals surface area contributed by atoms with E-state index in [9.17, 15) is 14.4 Å². The minimum absolute atomic E-state index is 0.0581. The number of hydrogen-bond acceptors (Lipinski definition) is 5. The van der Waals surface area contributed by atoms with Crippen LogP contribution in [0.15, 0.2) is 66.7 Å². The number of esters is 1. The molecule has 7 heteroatoms. The smallest absolute Gasteiger partial charge is 0.311 e. The third kappa shape index (κ3) is 4.72. The fourth-order valence-electron chi connectivity index (χ4n) is 3.79. The minimum atomic E-state index is -0.611. The summed E-state index contributed by atoms with van der Waals surface area (Å²) in [6, 6.07) is 20.5. The van der Waals surface area contributed by atoms with E-state index in [4.69, 9.17) is 9.47 Å². The summed E-state index contributed by atoms with van der Waals surface area (Å²) in [7, 11) is 0. The summed E-state index contributed by atoms with van der Waals surface area (Å²) in [6.45, 7) is 2.27. The van der Waals surface area contributed by atoms with Crippen LogP contribution in [0.2, 0.25) is 0 Å². The van der Waals surface area contributed by atoms with Crippen molar-refractivity contribution < 1.29 is 23.9 Å². The number of nitrogens with one attached hydrogen (secondary N) is 1. The summed E-state index contributed by atoms with van der Waals surface area (Å²) >= 11 is 0. The number of amides is 2. The average molecular weight is 432 g/mol. The molecule has 1 fully saturated rings. The number of carbonyl (C=O) groups excluding carboxylic acids is 3. The second kappa shape index (κ2) is 9.51. The van der Waals surface area contributed by atoms with E-state index in [0.717, 1.165) is 16.5 Å². The average Bonchev–Trinajstić information content (AvgIpc) is 3.20. The number of nitrogens with zero attached hydrogens (tertiary/aromatic N) is 1. The maximum absolute atomic E-state index is 12.6. The van der Waals surface area contributed by atoms with Gasteiger partial charge in [-0.1, -0.05) is 36.4 Å². The fourth-order valence-corrected chi connectivity index (χ4v) is 3.79. The summed E-state index contributed by atoms with van der Waals surface area (Å²) in [6.07, 6.45) is 0.0581. The number of rotatable bonds is 7. The zero-order valence-electron chi connectivity index (χ0n) is 17.7. The molecule has 0 saturated carbocycles. The molecule has 32 heavy (non-hydrogen) atoms. The Hall–Kier alpha value is -3.87. The molecule has 7 nitrogen and oxygen atoms in total. The van der Waals surface area contributed by atoms with Crippen molar-refractivity contribution in [1.29, 1.82) is 0 Å². The molecule has 1 saturated heterocycles. The van der Waals surface area contributed by atoms with Crippen molar-refractivity contribution in [3.63, 3.8) is 0 Å². The van der Waals surface area contributed by atoms with Crippen molar-refractivity contribution in [3.8, 4) is 5.75 Å². The predicted octanol–water partition coefficient (Wildman–Crippen LogP) is 3.77.